The van der Waals surface area contributed by atoms with Crippen molar-refractivity contribution in [1.82, 2.24) is 14.7 Å². The average molecular weight is 376 g/mol. The van der Waals surface area contributed by atoms with Crippen LogP contribution in [0.4, 0.5) is 10.5 Å². The van der Waals surface area contributed by atoms with Crippen LogP contribution < -0.4 is 5.32 Å². The smallest absolute Gasteiger partial charge is 0.338 e. The molecule has 0 saturated carbocycles. The number of amides is 2. The molecule has 0 unspecified atom stereocenters. The van der Waals surface area contributed by atoms with Gasteiger partial charge in [0.25, 0.3) is 0 Å². The number of piperazine rings is 1. The second-order valence-electron chi connectivity index (χ2n) is 7.11. The Bertz CT molecular complexity index is 658. The molecule has 2 amide bonds. The molecule has 2 fully saturated rings. The summed E-state index contributed by atoms with van der Waals surface area (Å²) in [6, 6.07) is 6.34. The summed E-state index contributed by atoms with van der Waals surface area (Å²) in [5.74, 6) is -0.381. The summed E-state index contributed by atoms with van der Waals surface area (Å²) in [4.78, 5) is 30.4. The van der Waals surface area contributed by atoms with Crippen molar-refractivity contribution >= 4 is 17.7 Å². The molecule has 0 radical (unpaired) electrons. The van der Waals surface area contributed by atoms with Crippen LogP contribution in [0.25, 0.3) is 0 Å². The highest BCUT2D eigenvalue weighted by molar-refractivity contribution is 5.92. The van der Waals surface area contributed by atoms with Gasteiger partial charge in [0.1, 0.15) is 0 Å². The van der Waals surface area contributed by atoms with Gasteiger partial charge in [0.2, 0.25) is 0 Å². The number of carbonyl (C=O) groups excluding carboxylic acids is 2. The predicted octanol–water partition coefficient (Wildman–Crippen LogP) is 0.688. The van der Waals surface area contributed by atoms with Gasteiger partial charge in [0, 0.05) is 38.4 Å². The summed E-state index contributed by atoms with van der Waals surface area (Å²) in [6.45, 7) is 6.67. The summed E-state index contributed by atoms with van der Waals surface area (Å²) in [7, 11) is 2.09. The number of nitrogens with one attached hydrogen (secondary N) is 1. The van der Waals surface area contributed by atoms with E-state index in [0.29, 0.717) is 30.9 Å². The molecule has 148 valence electrons. The quantitative estimate of drug-likeness (QED) is 0.752. The maximum atomic E-state index is 12.5. The minimum absolute atomic E-state index is 0.0179. The number of esters is 1. The van der Waals surface area contributed by atoms with E-state index >= 15 is 0 Å². The number of aliphatic hydroxyl groups is 1. The van der Waals surface area contributed by atoms with Crippen molar-refractivity contribution in [3.05, 3.63) is 29.8 Å². The number of ether oxygens (including phenoxy) is 1. The number of hydrogen-bond donors (Lipinski definition) is 2. The third kappa shape index (κ3) is 4.77. The Hall–Kier alpha value is -2.16. The van der Waals surface area contributed by atoms with Crippen LogP contribution in [0.1, 0.15) is 17.3 Å². The molecule has 2 N–H and O–H groups in total. The molecule has 2 heterocycles. The van der Waals surface area contributed by atoms with E-state index < -0.39 is 6.10 Å². The Morgan fingerprint density at radius 2 is 1.81 bits per heavy atom. The molecule has 1 aromatic carbocycles. The van der Waals surface area contributed by atoms with Gasteiger partial charge in [-0.1, -0.05) is 0 Å². The fourth-order valence-electron chi connectivity index (χ4n) is 3.55. The zero-order valence-corrected chi connectivity index (χ0v) is 15.9. The monoisotopic (exact) mass is 376 g/mol. The molecule has 2 atom stereocenters. The molecule has 0 bridgehead atoms. The Balaban J connectivity index is 1.54. The van der Waals surface area contributed by atoms with E-state index in [0.717, 1.165) is 26.2 Å². The van der Waals surface area contributed by atoms with Crippen molar-refractivity contribution in [2.24, 2.45) is 0 Å². The molecule has 2 aliphatic rings. The van der Waals surface area contributed by atoms with Crippen LogP contribution in [0.3, 0.4) is 0 Å². The summed E-state index contributed by atoms with van der Waals surface area (Å²) in [6.07, 6.45) is -0.537. The molecule has 0 aromatic heterocycles. The number of nitrogens with zero attached hydrogens (tertiary/aromatic N) is 3. The van der Waals surface area contributed by atoms with E-state index in [9.17, 15) is 14.7 Å². The highest BCUT2D eigenvalue weighted by atomic mass is 16.5. The molecular formula is C19H28N4O4. The van der Waals surface area contributed by atoms with Gasteiger partial charge in [0.15, 0.2) is 0 Å². The number of hydrogen-bond acceptors (Lipinski definition) is 6. The van der Waals surface area contributed by atoms with Gasteiger partial charge < -0.3 is 25.0 Å². The van der Waals surface area contributed by atoms with Crippen LogP contribution in [0, 0.1) is 0 Å². The SMILES string of the molecule is CCOC(=O)c1ccc(NC(=O)N2C[C@@H](O)[C@H](N3CCN(C)CC3)C2)cc1. The fraction of sp³-hybridized carbons (Fsp3) is 0.579. The lowest BCUT2D eigenvalue weighted by Gasteiger charge is -2.37. The first kappa shape index (κ1) is 19.6. The van der Waals surface area contributed by atoms with E-state index in [1.165, 1.54) is 0 Å². The first-order valence-corrected chi connectivity index (χ1v) is 9.41. The second-order valence-corrected chi connectivity index (χ2v) is 7.11. The van der Waals surface area contributed by atoms with E-state index in [2.05, 4.69) is 22.2 Å². The fourth-order valence-corrected chi connectivity index (χ4v) is 3.55. The minimum atomic E-state index is -0.537. The molecule has 0 spiro atoms. The van der Waals surface area contributed by atoms with Crippen molar-refractivity contribution < 1.29 is 19.4 Å². The average Bonchev–Trinajstić information content (AvgIpc) is 3.05. The molecule has 8 heteroatoms. The number of carbonyl (C=O) groups is 2. The second kappa shape index (κ2) is 8.69. The Kier molecular flexibility index (Phi) is 6.30. The highest BCUT2D eigenvalue weighted by Crippen LogP contribution is 2.19. The van der Waals surface area contributed by atoms with Gasteiger partial charge in [-0.25, -0.2) is 9.59 Å². The van der Waals surface area contributed by atoms with Crippen molar-refractivity contribution in [2.45, 2.75) is 19.1 Å². The zero-order chi connectivity index (χ0) is 19.4. The maximum Gasteiger partial charge on any atom is 0.338 e. The van der Waals surface area contributed by atoms with Gasteiger partial charge in [0.05, 0.1) is 30.9 Å². The third-order valence-electron chi connectivity index (χ3n) is 5.20. The number of benzene rings is 1. The first-order chi connectivity index (χ1) is 13.0. The lowest BCUT2D eigenvalue weighted by Crippen LogP contribution is -2.52. The predicted molar refractivity (Wildman–Crippen MR) is 102 cm³/mol. The normalized spacial score (nSPS) is 24.0. The number of rotatable bonds is 4. The first-order valence-electron chi connectivity index (χ1n) is 9.41. The standard InChI is InChI=1S/C19H28N4O4/c1-3-27-18(25)14-4-6-15(7-5-14)20-19(26)23-12-16(17(24)13-23)22-10-8-21(2)9-11-22/h4-7,16-17,24H,3,8-13H2,1-2H3,(H,20,26)/t16-,17-/m1/s1. The Morgan fingerprint density at radius 3 is 2.44 bits per heavy atom. The zero-order valence-electron chi connectivity index (χ0n) is 15.9. The topological polar surface area (TPSA) is 85.3 Å². The minimum Gasteiger partial charge on any atom is -0.462 e. The van der Waals surface area contributed by atoms with E-state index in [4.69, 9.17) is 4.74 Å². The number of urea groups is 1. The largest absolute Gasteiger partial charge is 0.462 e. The van der Waals surface area contributed by atoms with Gasteiger partial charge in [-0.05, 0) is 38.2 Å². The summed E-state index contributed by atoms with van der Waals surface area (Å²) in [5.41, 5.74) is 1.05. The number of aliphatic hydroxyl groups excluding tert-OH is 1. The lowest BCUT2D eigenvalue weighted by molar-refractivity contribution is 0.0512. The third-order valence-corrected chi connectivity index (χ3v) is 5.20. The van der Waals surface area contributed by atoms with Crippen LogP contribution in [0.15, 0.2) is 24.3 Å². The van der Waals surface area contributed by atoms with Gasteiger partial charge >= 0.3 is 12.0 Å². The van der Waals surface area contributed by atoms with Crippen LogP contribution in [-0.4, -0.2) is 96.9 Å². The van der Waals surface area contributed by atoms with Crippen LogP contribution in [0.5, 0.6) is 0 Å². The van der Waals surface area contributed by atoms with Crippen molar-refractivity contribution in [2.75, 3.05) is 58.2 Å². The number of anilines is 1. The van der Waals surface area contributed by atoms with E-state index in [-0.39, 0.29) is 18.0 Å². The molecular weight excluding hydrogens is 348 g/mol. The maximum absolute atomic E-state index is 12.5. The van der Waals surface area contributed by atoms with Gasteiger partial charge in [-0.15, -0.1) is 0 Å². The van der Waals surface area contributed by atoms with Gasteiger partial charge in [-0.2, -0.15) is 0 Å². The summed E-state index contributed by atoms with van der Waals surface area (Å²) < 4.78 is 4.95. The summed E-state index contributed by atoms with van der Waals surface area (Å²) >= 11 is 0. The number of likely N-dealkylation sites (N-methyl/N-ethyl adjacent to an activating group) is 1. The van der Waals surface area contributed by atoms with Crippen LogP contribution in [-0.2, 0) is 4.74 Å². The summed E-state index contributed by atoms with van der Waals surface area (Å²) in [5, 5.41) is 13.2. The molecule has 8 nitrogen and oxygen atoms in total. The molecule has 1 aromatic rings. The molecule has 3 rings (SSSR count). The molecule has 2 aliphatic heterocycles. The van der Waals surface area contributed by atoms with Crippen molar-refractivity contribution in [3.8, 4) is 0 Å². The molecule has 27 heavy (non-hydrogen) atoms. The van der Waals surface area contributed by atoms with Gasteiger partial charge in [-0.3, -0.25) is 4.90 Å². The lowest BCUT2D eigenvalue weighted by atomic mass is 10.1. The van der Waals surface area contributed by atoms with Crippen molar-refractivity contribution in [3.63, 3.8) is 0 Å². The number of β-amino-alcohol motifs (C(OH)–C–C–N with tert-alkyl or cyclic N) is 1. The number of likely N-dealkylation sites (tertiary alicyclic amines) is 1. The Morgan fingerprint density at radius 1 is 1.15 bits per heavy atom. The van der Waals surface area contributed by atoms with Crippen molar-refractivity contribution in [1.29, 1.82) is 0 Å². The van der Waals surface area contributed by atoms with Crippen LogP contribution in [0.2, 0.25) is 0 Å². The Labute approximate surface area is 159 Å². The molecule has 2 saturated heterocycles. The van der Waals surface area contributed by atoms with Crippen LogP contribution >= 0.6 is 0 Å². The molecule has 0 aliphatic carbocycles. The highest BCUT2D eigenvalue weighted by Gasteiger charge is 2.38. The van der Waals surface area contributed by atoms with E-state index in [1.54, 1.807) is 36.1 Å². The van der Waals surface area contributed by atoms with E-state index in [1.807, 2.05) is 0 Å².